The Labute approximate surface area is 149 Å². The van der Waals surface area contributed by atoms with Gasteiger partial charge >= 0.3 is 5.63 Å². The van der Waals surface area contributed by atoms with Crippen LogP contribution in [0.3, 0.4) is 0 Å². The summed E-state index contributed by atoms with van der Waals surface area (Å²) in [5.41, 5.74) is 1.87. The molecule has 6 heteroatoms. The minimum Gasteiger partial charge on any atom is -0.483 e. The molecule has 1 aromatic heterocycles. The van der Waals surface area contributed by atoms with Crippen molar-refractivity contribution in [3.05, 3.63) is 75.4 Å². The minimum atomic E-state index is -0.433. The van der Waals surface area contributed by atoms with E-state index in [0.29, 0.717) is 22.5 Å². The largest absolute Gasteiger partial charge is 0.483 e. The molecule has 0 atom stereocenters. The summed E-state index contributed by atoms with van der Waals surface area (Å²) in [5, 5.41) is 3.43. The molecule has 5 nitrogen and oxygen atoms in total. The Hall–Kier alpha value is -3.15. The molecular formula is C20H18FNO4. The van der Waals surface area contributed by atoms with Gasteiger partial charge in [0.15, 0.2) is 6.61 Å². The number of amides is 1. The Bertz CT molecular complexity index is 1030. The highest BCUT2D eigenvalue weighted by Gasteiger charge is 2.12. The molecule has 0 aliphatic carbocycles. The molecule has 0 bridgehead atoms. The van der Waals surface area contributed by atoms with Crippen LogP contribution in [0.1, 0.15) is 16.7 Å². The summed E-state index contributed by atoms with van der Waals surface area (Å²) in [5.74, 6) is -0.296. The number of nitrogens with one attached hydrogen (secondary N) is 1. The average molecular weight is 355 g/mol. The number of carbonyl (C=O) groups excluding carboxylic acids is 1. The van der Waals surface area contributed by atoms with E-state index in [9.17, 15) is 14.0 Å². The zero-order valence-corrected chi connectivity index (χ0v) is 14.5. The standard InChI is InChI=1S/C20H18FNO4/c1-12-9-19(24)26-20-13(2)17(8-7-15(12)20)25-11-18(23)22-10-14-5-3-4-6-16(14)21/h3-9H,10-11H2,1-2H3,(H,22,23). The first kappa shape index (κ1) is 17.7. The predicted octanol–water partition coefficient (Wildman–Crippen LogP) is 3.24. The van der Waals surface area contributed by atoms with Gasteiger partial charge in [-0.25, -0.2) is 9.18 Å². The third-order valence-electron chi connectivity index (χ3n) is 4.11. The highest BCUT2D eigenvalue weighted by Crippen LogP contribution is 2.28. The highest BCUT2D eigenvalue weighted by atomic mass is 19.1. The highest BCUT2D eigenvalue weighted by molar-refractivity contribution is 5.85. The maximum Gasteiger partial charge on any atom is 0.336 e. The van der Waals surface area contributed by atoms with E-state index in [1.54, 1.807) is 37.3 Å². The van der Waals surface area contributed by atoms with Crippen LogP contribution in [0.5, 0.6) is 5.75 Å². The summed E-state index contributed by atoms with van der Waals surface area (Å²) in [7, 11) is 0. The zero-order valence-electron chi connectivity index (χ0n) is 14.5. The first-order valence-corrected chi connectivity index (χ1v) is 8.12. The number of ether oxygens (including phenoxy) is 1. The number of hydrogen-bond donors (Lipinski definition) is 1. The summed E-state index contributed by atoms with van der Waals surface area (Å²) in [6.07, 6.45) is 0. The van der Waals surface area contributed by atoms with Gasteiger partial charge in [0, 0.05) is 29.1 Å². The second-order valence-electron chi connectivity index (χ2n) is 5.97. The molecule has 1 N–H and O–H groups in total. The van der Waals surface area contributed by atoms with Crippen LogP contribution in [0.2, 0.25) is 0 Å². The lowest BCUT2D eigenvalue weighted by Crippen LogP contribution is -2.28. The molecule has 0 unspecified atom stereocenters. The Morgan fingerprint density at radius 3 is 2.73 bits per heavy atom. The normalized spacial score (nSPS) is 10.7. The van der Waals surface area contributed by atoms with Gasteiger partial charge < -0.3 is 14.5 Å². The fourth-order valence-electron chi connectivity index (χ4n) is 2.69. The van der Waals surface area contributed by atoms with Crippen LogP contribution in [0.25, 0.3) is 11.0 Å². The molecule has 2 aromatic carbocycles. The van der Waals surface area contributed by atoms with Gasteiger partial charge in [0.05, 0.1) is 0 Å². The average Bonchev–Trinajstić information content (AvgIpc) is 2.61. The summed E-state index contributed by atoms with van der Waals surface area (Å²) < 4.78 is 24.3. The summed E-state index contributed by atoms with van der Waals surface area (Å²) in [4.78, 5) is 23.5. The second-order valence-corrected chi connectivity index (χ2v) is 5.97. The second kappa shape index (κ2) is 7.39. The first-order chi connectivity index (χ1) is 12.5. The summed E-state index contributed by atoms with van der Waals surface area (Å²) in [6.45, 7) is 3.45. The summed E-state index contributed by atoms with van der Waals surface area (Å²) in [6, 6.07) is 11.2. The molecule has 134 valence electrons. The van der Waals surface area contributed by atoms with Crippen LogP contribution < -0.4 is 15.7 Å². The Kier molecular flexibility index (Phi) is 5.02. The van der Waals surface area contributed by atoms with Gasteiger partial charge in [-0.05, 0) is 37.6 Å². The molecule has 1 heterocycles. The van der Waals surface area contributed by atoms with Crippen molar-refractivity contribution in [2.24, 2.45) is 0 Å². The van der Waals surface area contributed by atoms with Gasteiger partial charge in [-0.3, -0.25) is 4.79 Å². The molecule has 0 aliphatic heterocycles. The Balaban J connectivity index is 1.68. The quantitative estimate of drug-likeness (QED) is 0.714. The number of rotatable bonds is 5. The first-order valence-electron chi connectivity index (χ1n) is 8.12. The molecule has 0 spiro atoms. The smallest absolute Gasteiger partial charge is 0.336 e. The van der Waals surface area contributed by atoms with E-state index in [2.05, 4.69) is 5.32 Å². The number of benzene rings is 2. The third kappa shape index (κ3) is 3.74. The Morgan fingerprint density at radius 1 is 1.19 bits per heavy atom. The van der Waals surface area contributed by atoms with E-state index in [4.69, 9.17) is 9.15 Å². The molecular weight excluding hydrogens is 337 g/mol. The van der Waals surface area contributed by atoms with Gasteiger partial charge in [-0.1, -0.05) is 18.2 Å². The van der Waals surface area contributed by atoms with Crippen LogP contribution in [0.15, 0.2) is 51.7 Å². The number of halogens is 1. The lowest BCUT2D eigenvalue weighted by Gasteiger charge is -2.12. The fourth-order valence-corrected chi connectivity index (χ4v) is 2.69. The van der Waals surface area contributed by atoms with Crippen molar-refractivity contribution in [3.63, 3.8) is 0 Å². The maximum absolute atomic E-state index is 13.5. The minimum absolute atomic E-state index is 0.0830. The van der Waals surface area contributed by atoms with Gasteiger partial charge in [0.25, 0.3) is 5.91 Å². The summed E-state index contributed by atoms with van der Waals surface area (Å²) >= 11 is 0. The van der Waals surface area contributed by atoms with Crippen molar-refractivity contribution in [2.75, 3.05) is 6.61 Å². The van der Waals surface area contributed by atoms with Crippen LogP contribution in [0.4, 0.5) is 4.39 Å². The molecule has 3 aromatic rings. The molecule has 0 fully saturated rings. The van der Waals surface area contributed by atoms with Crippen LogP contribution in [0, 0.1) is 19.7 Å². The topological polar surface area (TPSA) is 68.5 Å². The number of hydrogen-bond acceptors (Lipinski definition) is 4. The van der Waals surface area contributed by atoms with E-state index in [-0.39, 0.29) is 24.9 Å². The van der Waals surface area contributed by atoms with Crippen molar-refractivity contribution in [1.82, 2.24) is 5.32 Å². The van der Waals surface area contributed by atoms with E-state index in [1.165, 1.54) is 12.1 Å². The molecule has 0 radical (unpaired) electrons. The van der Waals surface area contributed by atoms with Crippen molar-refractivity contribution >= 4 is 16.9 Å². The van der Waals surface area contributed by atoms with Gasteiger partial charge in [-0.15, -0.1) is 0 Å². The molecule has 0 saturated heterocycles. The molecule has 3 rings (SSSR count). The number of aryl methyl sites for hydroxylation is 2. The van der Waals surface area contributed by atoms with Crippen molar-refractivity contribution in [2.45, 2.75) is 20.4 Å². The van der Waals surface area contributed by atoms with Crippen molar-refractivity contribution in [3.8, 4) is 5.75 Å². The Morgan fingerprint density at radius 2 is 1.96 bits per heavy atom. The van der Waals surface area contributed by atoms with Gasteiger partial charge in [-0.2, -0.15) is 0 Å². The predicted molar refractivity (Wildman–Crippen MR) is 95.7 cm³/mol. The fraction of sp³-hybridized carbons (Fsp3) is 0.200. The zero-order chi connectivity index (χ0) is 18.7. The lowest BCUT2D eigenvalue weighted by atomic mass is 10.1. The molecule has 26 heavy (non-hydrogen) atoms. The van der Waals surface area contributed by atoms with Crippen LogP contribution in [-0.4, -0.2) is 12.5 Å². The number of fused-ring (bicyclic) bond motifs is 1. The lowest BCUT2D eigenvalue weighted by molar-refractivity contribution is -0.123. The van der Waals surface area contributed by atoms with E-state index < -0.39 is 5.63 Å². The van der Waals surface area contributed by atoms with Crippen molar-refractivity contribution in [1.29, 1.82) is 0 Å². The van der Waals surface area contributed by atoms with Crippen molar-refractivity contribution < 1.29 is 18.3 Å². The molecule has 0 saturated carbocycles. The van der Waals surface area contributed by atoms with E-state index >= 15 is 0 Å². The van der Waals surface area contributed by atoms with E-state index in [0.717, 1.165) is 10.9 Å². The number of carbonyl (C=O) groups is 1. The SMILES string of the molecule is Cc1cc(=O)oc2c(C)c(OCC(=O)NCc3ccccc3F)ccc12. The molecule has 1 amide bonds. The van der Waals surface area contributed by atoms with Gasteiger partial charge in [0.2, 0.25) is 0 Å². The van der Waals surface area contributed by atoms with Gasteiger partial charge in [0.1, 0.15) is 17.1 Å². The maximum atomic E-state index is 13.5. The molecule has 0 aliphatic rings. The van der Waals surface area contributed by atoms with Crippen LogP contribution >= 0.6 is 0 Å². The van der Waals surface area contributed by atoms with Crippen LogP contribution in [-0.2, 0) is 11.3 Å². The monoisotopic (exact) mass is 355 g/mol. The third-order valence-corrected chi connectivity index (χ3v) is 4.11. The van der Waals surface area contributed by atoms with E-state index in [1.807, 2.05) is 6.92 Å².